The van der Waals surface area contributed by atoms with Gasteiger partial charge in [0.05, 0.1) is 10.6 Å². The summed E-state index contributed by atoms with van der Waals surface area (Å²) in [5, 5.41) is 3.01. The van der Waals surface area contributed by atoms with Crippen molar-refractivity contribution in [2.45, 2.75) is 70.9 Å². The van der Waals surface area contributed by atoms with E-state index in [1.54, 1.807) is 35.2 Å². The minimum atomic E-state index is -4.08. The first kappa shape index (κ1) is 30.9. The Bertz CT molecular complexity index is 1380. The normalized spacial score (nSPS) is 12.8. The minimum absolute atomic E-state index is 0.0440. The molecule has 1 N–H and O–H groups in total. The van der Waals surface area contributed by atoms with E-state index in [1.165, 1.54) is 16.4 Å². The van der Waals surface area contributed by atoms with Gasteiger partial charge in [-0.3, -0.25) is 13.9 Å². The molecule has 0 spiro atoms. The summed E-state index contributed by atoms with van der Waals surface area (Å²) in [6.45, 7) is 9.39. The maximum Gasteiger partial charge on any atom is 0.264 e. The van der Waals surface area contributed by atoms with Gasteiger partial charge >= 0.3 is 0 Å². The molecule has 0 radical (unpaired) electrons. The number of sulfonamides is 1. The number of nitrogens with zero attached hydrogens (tertiary/aromatic N) is 2. The highest BCUT2D eigenvalue weighted by Gasteiger charge is 2.34. The molecule has 8 heteroatoms. The predicted octanol–water partition coefficient (Wildman–Crippen LogP) is 5.26. The summed E-state index contributed by atoms with van der Waals surface area (Å²) in [6, 6.07) is 22.5. The Morgan fingerprint density at radius 2 is 1.48 bits per heavy atom. The molecular formula is C32H41N3O4S. The summed E-state index contributed by atoms with van der Waals surface area (Å²) in [5.41, 5.74) is 3.16. The van der Waals surface area contributed by atoms with Gasteiger partial charge in [-0.15, -0.1) is 0 Å². The monoisotopic (exact) mass is 563 g/mol. The molecular weight excluding hydrogens is 522 g/mol. The van der Waals surface area contributed by atoms with Crippen molar-refractivity contribution in [1.29, 1.82) is 0 Å². The molecule has 0 aliphatic carbocycles. The van der Waals surface area contributed by atoms with Gasteiger partial charge in [0, 0.05) is 12.6 Å². The summed E-state index contributed by atoms with van der Waals surface area (Å²) >= 11 is 0. The predicted molar refractivity (Wildman–Crippen MR) is 161 cm³/mol. The molecule has 0 fully saturated rings. The fourth-order valence-electron chi connectivity index (χ4n) is 4.58. The number of hydrogen-bond acceptors (Lipinski definition) is 4. The molecule has 40 heavy (non-hydrogen) atoms. The molecule has 214 valence electrons. The average Bonchev–Trinajstić information content (AvgIpc) is 2.96. The Morgan fingerprint density at radius 3 is 2.08 bits per heavy atom. The molecule has 0 aromatic heterocycles. The number of nitrogens with one attached hydrogen (secondary N) is 1. The van der Waals surface area contributed by atoms with Crippen LogP contribution in [-0.2, 0) is 26.0 Å². The van der Waals surface area contributed by atoms with E-state index < -0.39 is 28.5 Å². The van der Waals surface area contributed by atoms with Crippen LogP contribution in [0.2, 0.25) is 0 Å². The molecule has 0 aliphatic rings. The van der Waals surface area contributed by atoms with Crippen LogP contribution in [0, 0.1) is 13.8 Å². The van der Waals surface area contributed by atoms with E-state index >= 15 is 0 Å². The lowest BCUT2D eigenvalue weighted by molar-refractivity contribution is -0.139. The van der Waals surface area contributed by atoms with E-state index in [4.69, 9.17) is 0 Å². The zero-order valence-electron chi connectivity index (χ0n) is 24.1. The highest BCUT2D eigenvalue weighted by atomic mass is 32.2. The van der Waals surface area contributed by atoms with Crippen LogP contribution in [0.5, 0.6) is 0 Å². The number of carbonyl (C=O) groups excluding carboxylic acids is 2. The van der Waals surface area contributed by atoms with E-state index in [2.05, 4.69) is 5.32 Å². The Morgan fingerprint density at radius 1 is 0.850 bits per heavy atom. The second kappa shape index (κ2) is 14.1. The maximum atomic E-state index is 14.1. The van der Waals surface area contributed by atoms with Gasteiger partial charge in [0.25, 0.3) is 10.0 Å². The highest BCUT2D eigenvalue weighted by Crippen LogP contribution is 2.29. The lowest BCUT2D eigenvalue weighted by Crippen LogP contribution is -2.54. The first-order chi connectivity index (χ1) is 19.1. The van der Waals surface area contributed by atoms with Crippen LogP contribution in [0.15, 0.2) is 83.8 Å². The zero-order valence-corrected chi connectivity index (χ0v) is 24.9. The number of benzene rings is 3. The first-order valence-corrected chi connectivity index (χ1v) is 15.3. The second-order valence-corrected chi connectivity index (χ2v) is 12.0. The van der Waals surface area contributed by atoms with Gasteiger partial charge in [0.2, 0.25) is 11.8 Å². The Kier molecular flexibility index (Phi) is 10.9. The second-order valence-electron chi connectivity index (χ2n) is 10.1. The molecule has 7 nitrogen and oxygen atoms in total. The third-order valence-electron chi connectivity index (χ3n) is 7.33. The summed E-state index contributed by atoms with van der Waals surface area (Å²) in [5.74, 6) is -0.662. The molecule has 2 atom stereocenters. The van der Waals surface area contributed by atoms with Crippen molar-refractivity contribution in [1.82, 2.24) is 10.2 Å². The van der Waals surface area contributed by atoms with Crippen LogP contribution >= 0.6 is 0 Å². The summed E-state index contributed by atoms with van der Waals surface area (Å²) < 4.78 is 29.1. The number of hydrogen-bond donors (Lipinski definition) is 1. The van der Waals surface area contributed by atoms with Crippen molar-refractivity contribution < 1.29 is 18.0 Å². The fraction of sp³-hybridized carbons (Fsp3) is 0.375. The van der Waals surface area contributed by atoms with Crippen molar-refractivity contribution in [2.75, 3.05) is 17.4 Å². The van der Waals surface area contributed by atoms with Crippen LogP contribution in [0.3, 0.4) is 0 Å². The molecule has 2 amide bonds. The molecule has 3 aromatic carbocycles. The minimum Gasteiger partial charge on any atom is -0.352 e. The topological polar surface area (TPSA) is 86.8 Å². The van der Waals surface area contributed by atoms with Crippen LogP contribution in [0.1, 0.15) is 50.3 Å². The van der Waals surface area contributed by atoms with Crippen LogP contribution in [0.25, 0.3) is 0 Å². The van der Waals surface area contributed by atoms with Gasteiger partial charge in [-0.2, -0.15) is 0 Å². The van der Waals surface area contributed by atoms with Crippen molar-refractivity contribution in [3.05, 3.63) is 95.6 Å². The van der Waals surface area contributed by atoms with Crippen molar-refractivity contribution in [3.63, 3.8) is 0 Å². The van der Waals surface area contributed by atoms with Gasteiger partial charge in [-0.1, -0.05) is 74.5 Å². The standard InChI is InChI=1S/C32H41N3O4S/c1-6-25(4)33-32(37)29(7-2)34(22-21-27-16-10-8-11-17-27)31(36)23-35(30-20-14-15-24(3)26(30)5)40(38,39)28-18-12-9-13-19-28/h8-20,25,29H,6-7,21-23H2,1-5H3,(H,33,37)/t25-,29+/m1/s1. The van der Waals surface area contributed by atoms with Crippen molar-refractivity contribution in [2.24, 2.45) is 0 Å². The highest BCUT2D eigenvalue weighted by molar-refractivity contribution is 7.92. The Labute approximate surface area is 239 Å². The number of amides is 2. The lowest BCUT2D eigenvalue weighted by Gasteiger charge is -2.34. The van der Waals surface area contributed by atoms with Crippen LogP contribution < -0.4 is 9.62 Å². The summed E-state index contributed by atoms with van der Waals surface area (Å²) in [6.07, 6.45) is 1.70. The van der Waals surface area contributed by atoms with E-state index in [1.807, 2.05) is 71.0 Å². The fourth-order valence-corrected chi connectivity index (χ4v) is 6.07. The number of aryl methyl sites for hydroxylation is 1. The van der Waals surface area contributed by atoms with Gasteiger partial charge in [-0.25, -0.2) is 8.42 Å². The summed E-state index contributed by atoms with van der Waals surface area (Å²) in [7, 11) is -4.08. The van der Waals surface area contributed by atoms with Crippen LogP contribution in [-0.4, -0.2) is 50.3 Å². The molecule has 0 saturated heterocycles. The van der Waals surface area contributed by atoms with E-state index in [0.717, 1.165) is 23.1 Å². The number of anilines is 1. The van der Waals surface area contributed by atoms with E-state index in [9.17, 15) is 18.0 Å². The number of carbonyl (C=O) groups is 2. The van der Waals surface area contributed by atoms with Gasteiger partial charge in [0.15, 0.2) is 0 Å². The average molecular weight is 564 g/mol. The smallest absolute Gasteiger partial charge is 0.264 e. The lowest BCUT2D eigenvalue weighted by atomic mass is 10.1. The zero-order chi connectivity index (χ0) is 29.3. The molecule has 0 heterocycles. The Balaban J connectivity index is 2.04. The number of rotatable bonds is 13. The molecule has 0 unspecified atom stereocenters. The third-order valence-corrected chi connectivity index (χ3v) is 9.10. The van der Waals surface area contributed by atoms with Gasteiger partial charge < -0.3 is 10.2 Å². The quantitative estimate of drug-likeness (QED) is 0.307. The molecule has 3 rings (SSSR count). The van der Waals surface area contributed by atoms with Crippen LogP contribution in [0.4, 0.5) is 5.69 Å². The van der Waals surface area contributed by atoms with Crippen molar-refractivity contribution in [3.8, 4) is 0 Å². The Hall–Kier alpha value is -3.65. The molecule has 0 saturated carbocycles. The molecule has 3 aromatic rings. The van der Waals surface area contributed by atoms with Gasteiger partial charge in [0.1, 0.15) is 12.6 Å². The largest absolute Gasteiger partial charge is 0.352 e. The third kappa shape index (κ3) is 7.50. The van der Waals surface area contributed by atoms with Crippen molar-refractivity contribution >= 4 is 27.5 Å². The molecule has 0 bridgehead atoms. The van der Waals surface area contributed by atoms with Gasteiger partial charge in [-0.05, 0) is 74.9 Å². The molecule has 0 aliphatic heterocycles. The SMILES string of the molecule is CC[C@@H](C)NC(=O)[C@H](CC)N(CCc1ccccc1)C(=O)CN(c1cccc(C)c1C)S(=O)(=O)c1ccccc1. The van der Waals surface area contributed by atoms with E-state index in [-0.39, 0.29) is 23.4 Å². The first-order valence-electron chi connectivity index (χ1n) is 13.9. The summed E-state index contributed by atoms with van der Waals surface area (Å²) in [4.78, 5) is 29.1. The maximum absolute atomic E-state index is 14.1. The van der Waals surface area contributed by atoms with E-state index in [0.29, 0.717) is 18.5 Å².